The summed E-state index contributed by atoms with van der Waals surface area (Å²) in [7, 11) is 9.42. The fourth-order valence-corrected chi connectivity index (χ4v) is 0.905. The lowest BCUT2D eigenvalue weighted by atomic mass is 11.0. The first-order valence-corrected chi connectivity index (χ1v) is 4.22. The molecule has 0 fully saturated rings. The molecule has 0 aliphatic rings. The second kappa shape index (κ2) is 5.48. The Morgan fingerprint density at radius 1 is 1.45 bits per heavy atom. The summed E-state index contributed by atoms with van der Waals surface area (Å²) >= 11 is 0.634. The van der Waals surface area contributed by atoms with E-state index in [2.05, 4.69) is 9.68 Å². The first-order chi connectivity index (χ1) is 5.17. The molecule has 0 aliphatic carbocycles. The van der Waals surface area contributed by atoms with Gasteiger partial charge in [0.25, 0.3) is 0 Å². The normalized spacial score (nSPS) is 9.45. The van der Waals surface area contributed by atoms with Gasteiger partial charge in [-0.3, -0.25) is 9.68 Å². The molecule has 0 saturated carbocycles. The average molecular weight is 201 g/mol. The smallest absolute Gasteiger partial charge is 0.273 e. The van der Waals surface area contributed by atoms with Crippen LogP contribution in [-0.2, 0) is 9.68 Å². The fourth-order valence-electron chi connectivity index (χ4n) is 0.329. The van der Waals surface area contributed by atoms with Gasteiger partial charge in [-0.2, -0.15) is 0 Å². The lowest BCUT2D eigenvalue weighted by Gasteiger charge is -2.19. The molecule has 0 aromatic rings. The highest BCUT2D eigenvalue weighted by molar-refractivity contribution is 8.19. The number of hydroxylamine groups is 3. The number of hydrogen-bond acceptors (Lipinski definition) is 4. The number of carbonyl (C=O) groups excluding carboxylic acids is 1. The van der Waals surface area contributed by atoms with Crippen LogP contribution in [-0.4, -0.2) is 36.8 Å². The van der Waals surface area contributed by atoms with Gasteiger partial charge < -0.3 is 0 Å². The number of carbonyl (C=O) groups is 1. The second-order valence-corrected chi connectivity index (χ2v) is 2.36. The summed E-state index contributed by atoms with van der Waals surface area (Å²) in [6, 6.07) is -0.491. The molecule has 0 N–H and O–H groups in total. The zero-order valence-corrected chi connectivity index (χ0v) is 7.98. The highest BCUT2D eigenvalue weighted by Gasteiger charge is 2.17. The molecular formula is C4H9ClN2O3S. The van der Waals surface area contributed by atoms with Gasteiger partial charge in [-0.05, 0) is 10.7 Å². The summed E-state index contributed by atoms with van der Waals surface area (Å²) < 4.78 is 0.866. The van der Waals surface area contributed by atoms with E-state index >= 15 is 0 Å². The molecule has 66 valence electrons. The molecule has 0 rings (SSSR count). The molecule has 0 aliphatic heterocycles. The maximum absolute atomic E-state index is 11.0. The van der Waals surface area contributed by atoms with Crippen LogP contribution < -0.4 is 0 Å². The first kappa shape index (κ1) is 10.8. The molecule has 5 nitrogen and oxygen atoms in total. The van der Waals surface area contributed by atoms with Crippen molar-refractivity contribution in [3.8, 4) is 0 Å². The van der Waals surface area contributed by atoms with E-state index in [0.29, 0.717) is 11.2 Å². The van der Waals surface area contributed by atoms with E-state index < -0.39 is 6.03 Å². The summed E-state index contributed by atoms with van der Waals surface area (Å²) in [5.41, 5.74) is 0. The number of rotatable bonds is 3. The summed E-state index contributed by atoms with van der Waals surface area (Å²) in [6.45, 7) is 0. The van der Waals surface area contributed by atoms with Crippen LogP contribution in [0.25, 0.3) is 0 Å². The molecule has 0 heterocycles. The zero-order valence-electron chi connectivity index (χ0n) is 6.41. The largest absolute Gasteiger partial charge is 0.379 e. The minimum absolute atomic E-state index is 0.491. The van der Waals surface area contributed by atoms with Crippen LogP contribution in [0.2, 0.25) is 0 Å². The van der Waals surface area contributed by atoms with Crippen molar-refractivity contribution in [3.05, 3.63) is 0 Å². The number of amides is 2. The Hall–Kier alpha value is -0.170. The number of urea groups is 1. The molecule has 0 unspecified atom stereocenters. The van der Waals surface area contributed by atoms with Gasteiger partial charge in [0, 0.05) is 7.05 Å². The van der Waals surface area contributed by atoms with Crippen molar-refractivity contribution in [2.75, 3.05) is 21.3 Å². The van der Waals surface area contributed by atoms with E-state index in [0.717, 1.165) is 9.53 Å². The van der Waals surface area contributed by atoms with Gasteiger partial charge in [0.15, 0.2) is 0 Å². The first-order valence-electron chi connectivity index (χ1n) is 2.62. The SMILES string of the molecule is CON(C)C(=O)N(OC)SCl. The van der Waals surface area contributed by atoms with Crippen LogP contribution in [0.1, 0.15) is 0 Å². The molecule has 0 radical (unpaired) electrons. The monoisotopic (exact) mass is 200 g/mol. The third-order valence-electron chi connectivity index (χ3n) is 0.928. The minimum atomic E-state index is -0.491. The van der Waals surface area contributed by atoms with Crippen molar-refractivity contribution in [3.63, 3.8) is 0 Å². The number of nitrogens with zero attached hydrogens (tertiary/aromatic N) is 2. The Labute approximate surface area is 73.7 Å². The molecule has 0 bridgehead atoms. The van der Waals surface area contributed by atoms with E-state index in [1.807, 2.05) is 0 Å². The fraction of sp³-hybridized carbons (Fsp3) is 0.750. The van der Waals surface area contributed by atoms with E-state index in [1.54, 1.807) is 0 Å². The molecule has 7 heteroatoms. The summed E-state index contributed by atoms with van der Waals surface area (Å²) in [5.74, 6) is 0. The van der Waals surface area contributed by atoms with Crippen molar-refractivity contribution in [1.82, 2.24) is 9.53 Å². The average Bonchev–Trinajstić information content (AvgIpc) is 2.05. The zero-order chi connectivity index (χ0) is 8.85. The van der Waals surface area contributed by atoms with Gasteiger partial charge in [-0.1, -0.05) is 0 Å². The predicted molar refractivity (Wildman–Crippen MR) is 42.5 cm³/mol. The predicted octanol–water partition coefficient (Wildman–Crippen LogP) is 1.27. The van der Waals surface area contributed by atoms with Crippen molar-refractivity contribution < 1.29 is 14.5 Å². The van der Waals surface area contributed by atoms with Gasteiger partial charge in [0.1, 0.15) is 0 Å². The molecule has 0 saturated heterocycles. The van der Waals surface area contributed by atoms with Gasteiger partial charge in [0.05, 0.1) is 25.4 Å². The van der Waals surface area contributed by atoms with E-state index in [4.69, 9.17) is 10.7 Å². The van der Waals surface area contributed by atoms with E-state index in [9.17, 15) is 4.79 Å². The maximum Gasteiger partial charge on any atom is 0.379 e. The Morgan fingerprint density at radius 3 is 2.27 bits per heavy atom. The molecular weight excluding hydrogens is 192 g/mol. The molecule has 2 amide bonds. The molecule has 11 heavy (non-hydrogen) atoms. The molecule has 0 aromatic carbocycles. The molecule has 0 aromatic heterocycles. The third kappa shape index (κ3) is 3.15. The maximum atomic E-state index is 11.0. The van der Waals surface area contributed by atoms with Crippen LogP contribution in [0, 0.1) is 0 Å². The Bertz CT molecular complexity index is 133. The molecule has 0 atom stereocenters. The topological polar surface area (TPSA) is 42.0 Å². The van der Waals surface area contributed by atoms with Crippen LogP contribution >= 0.6 is 21.8 Å². The second-order valence-electron chi connectivity index (χ2n) is 1.47. The van der Waals surface area contributed by atoms with Crippen LogP contribution in [0.15, 0.2) is 0 Å². The minimum Gasteiger partial charge on any atom is -0.273 e. The number of hydrogen-bond donors (Lipinski definition) is 0. The third-order valence-corrected chi connectivity index (χ3v) is 1.73. The highest BCUT2D eigenvalue weighted by atomic mass is 35.7. The quantitative estimate of drug-likeness (QED) is 0.508. The Morgan fingerprint density at radius 2 is 2.00 bits per heavy atom. The van der Waals surface area contributed by atoms with E-state index in [1.165, 1.54) is 21.3 Å². The highest BCUT2D eigenvalue weighted by Crippen LogP contribution is 2.15. The lowest BCUT2D eigenvalue weighted by molar-refractivity contribution is -0.104. The number of halogens is 1. The van der Waals surface area contributed by atoms with Crippen LogP contribution in [0.5, 0.6) is 0 Å². The van der Waals surface area contributed by atoms with Gasteiger partial charge >= 0.3 is 6.03 Å². The summed E-state index contributed by atoms with van der Waals surface area (Å²) in [6.07, 6.45) is 0. The summed E-state index contributed by atoms with van der Waals surface area (Å²) in [5, 5.41) is 0.985. The van der Waals surface area contributed by atoms with Crippen molar-refractivity contribution in [1.29, 1.82) is 0 Å². The van der Waals surface area contributed by atoms with Gasteiger partial charge in [-0.25, -0.2) is 9.86 Å². The van der Waals surface area contributed by atoms with Gasteiger partial charge in [0.2, 0.25) is 0 Å². The lowest BCUT2D eigenvalue weighted by Crippen LogP contribution is -2.35. The Balaban J connectivity index is 3.97. The molecule has 0 spiro atoms. The van der Waals surface area contributed by atoms with Gasteiger partial charge in [-0.15, -0.1) is 4.47 Å². The van der Waals surface area contributed by atoms with E-state index in [-0.39, 0.29) is 0 Å². The Kier molecular flexibility index (Phi) is 5.39. The van der Waals surface area contributed by atoms with Crippen molar-refractivity contribution in [2.45, 2.75) is 0 Å². The van der Waals surface area contributed by atoms with Crippen molar-refractivity contribution >= 4 is 27.9 Å². The van der Waals surface area contributed by atoms with Crippen LogP contribution in [0.3, 0.4) is 0 Å². The van der Waals surface area contributed by atoms with Crippen LogP contribution in [0.4, 0.5) is 4.79 Å². The van der Waals surface area contributed by atoms with Crippen molar-refractivity contribution in [2.24, 2.45) is 0 Å². The standard InChI is InChI=1S/C4H9ClN2O3S/c1-6(9-2)4(8)7(10-3)11-5/h1-3H3. The summed E-state index contributed by atoms with van der Waals surface area (Å²) in [4.78, 5) is 20.2.